The van der Waals surface area contributed by atoms with Gasteiger partial charge in [0.25, 0.3) is 0 Å². The molecule has 24 heavy (non-hydrogen) atoms. The zero-order valence-corrected chi connectivity index (χ0v) is 14.2. The van der Waals surface area contributed by atoms with Crippen molar-refractivity contribution in [1.82, 2.24) is 4.90 Å². The summed E-state index contributed by atoms with van der Waals surface area (Å²) in [5.74, 6) is -1.25. The Morgan fingerprint density at radius 2 is 1.79 bits per heavy atom. The number of ether oxygens (including phenoxy) is 2. The van der Waals surface area contributed by atoms with E-state index in [0.29, 0.717) is 5.69 Å². The van der Waals surface area contributed by atoms with Crippen LogP contribution in [-0.2, 0) is 25.5 Å². The van der Waals surface area contributed by atoms with Gasteiger partial charge in [0, 0.05) is 12.2 Å². The average molecular weight is 332 g/mol. The van der Waals surface area contributed by atoms with Crippen LogP contribution in [0.3, 0.4) is 0 Å². The lowest BCUT2D eigenvalue weighted by Gasteiger charge is -2.14. The number of nitrogens with zero attached hydrogens (tertiary/aromatic N) is 1. The second-order valence-electron chi connectivity index (χ2n) is 5.69. The van der Waals surface area contributed by atoms with Crippen LogP contribution in [0.2, 0.25) is 0 Å². The predicted molar refractivity (Wildman–Crippen MR) is 91.6 cm³/mol. The van der Waals surface area contributed by atoms with Gasteiger partial charge in [0.15, 0.2) is 0 Å². The third-order valence-corrected chi connectivity index (χ3v) is 4.02. The molecule has 1 aliphatic rings. The van der Waals surface area contributed by atoms with Crippen molar-refractivity contribution in [2.45, 2.75) is 19.3 Å². The van der Waals surface area contributed by atoms with Gasteiger partial charge in [-0.25, -0.2) is 9.59 Å². The van der Waals surface area contributed by atoms with Crippen LogP contribution in [0.4, 0.5) is 5.69 Å². The molecule has 0 aliphatic carbocycles. The van der Waals surface area contributed by atoms with E-state index in [2.05, 4.69) is 19.7 Å². The highest BCUT2D eigenvalue weighted by molar-refractivity contribution is 5.98. The van der Waals surface area contributed by atoms with Gasteiger partial charge in [-0.1, -0.05) is 12.1 Å². The maximum absolute atomic E-state index is 11.7. The molecule has 6 heteroatoms. The summed E-state index contributed by atoms with van der Waals surface area (Å²) in [7, 11) is 2.51. The summed E-state index contributed by atoms with van der Waals surface area (Å²) in [6, 6.07) is 7.80. The van der Waals surface area contributed by atoms with Crippen molar-refractivity contribution >= 4 is 17.6 Å². The highest BCUT2D eigenvalue weighted by Gasteiger charge is 2.13. The van der Waals surface area contributed by atoms with Crippen LogP contribution in [0, 0.1) is 0 Å². The maximum Gasteiger partial charge on any atom is 0.354 e. The fraction of sp³-hybridized carbons (Fsp3) is 0.444. The fourth-order valence-electron chi connectivity index (χ4n) is 2.64. The first-order valence-electron chi connectivity index (χ1n) is 8.08. The highest BCUT2D eigenvalue weighted by atomic mass is 16.5. The second kappa shape index (κ2) is 9.08. The molecule has 1 saturated heterocycles. The molecule has 0 atom stereocenters. The van der Waals surface area contributed by atoms with Crippen LogP contribution >= 0.6 is 0 Å². The number of carbonyl (C=O) groups excluding carboxylic acids is 2. The number of hydrogen-bond acceptors (Lipinski definition) is 6. The van der Waals surface area contributed by atoms with E-state index in [9.17, 15) is 9.59 Å². The Morgan fingerprint density at radius 1 is 1.12 bits per heavy atom. The van der Waals surface area contributed by atoms with Crippen molar-refractivity contribution in [1.29, 1.82) is 0 Å². The van der Waals surface area contributed by atoms with Crippen LogP contribution in [-0.4, -0.2) is 50.7 Å². The Kier molecular flexibility index (Phi) is 6.81. The Bertz CT molecular complexity index is 590. The van der Waals surface area contributed by atoms with Crippen molar-refractivity contribution in [3.8, 4) is 0 Å². The van der Waals surface area contributed by atoms with E-state index in [0.717, 1.165) is 19.0 Å². The second-order valence-corrected chi connectivity index (χ2v) is 5.69. The third kappa shape index (κ3) is 5.38. The first kappa shape index (κ1) is 18.0. The van der Waals surface area contributed by atoms with E-state index in [1.165, 1.54) is 45.7 Å². The van der Waals surface area contributed by atoms with E-state index >= 15 is 0 Å². The summed E-state index contributed by atoms with van der Waals surface area (Å²) < 4.78 is 9.21. The molecule has 1 aliphatic heterocycles. The summed E-state index contributed by atoms with van der Waals surface area (Å²) in [5, 5.41) is 2.89. The number of esters is 2. The van der Waals surface area contributed by atoms with E-state index in [1.807, 2.05) is 24.3 Å². The molecule has 1 fully saturated rings. The summed E-state index contributed by atoms with van der Waals surface area (Å²) in [4.78, 5) is 25.5. The summed E-state index contributed by atoms with van der Waals surface area (Å²) in [6.07, 6.45) is 4.67. The molecule has 0 saturated carbocycles. The highest BCUT2D eigenvalue weighted by Crippen LogP contribution is 2.15. The van der Waals surface area contributed by atoms with Gasteiger partial charge in [-0.2, -0.15) is 0 Å². The van der Waals surface area contributed by atoms with Crippen LogP contribution in [0.15, 0.2) is 36.0 Å². The third-order valence-electron chi connectivity index (χ3n) is 4.02. The Morgan fingerprint density at radius 3 is 2.38 bits per heavy atom. The zero-order valence-electron chi connectivity index (χ0n) is 14.2. The van der Waals surface area contributed by atoms with Gasteiger partial charge >= 0.3 is 11.9 Å². The number of anilines is 1. The lowest BCUT2D eigenvalue weighted by molar-refractivity contribution is -0.138. The molecule has 0 radical (unpaired) electrons. The van der Waals surface area contributed by atoms with Gasteiger partial charge in [-0.3, -0.25) is 0 Å². The van der Waals surface area contributed by atoms with Gasteiger partial charge in [-0.05, 0) is 50.0 Å². The number of rotatable bonds is 7. The van der Waals surface area contributed by atoms with E-state index in [4.69, 9.17) is 0 Å². The smallest absolute Gasteiger partial charge is 0.354 e. The van der Waals surface area contributed by atoms with Crippen molar-refractivity contribution in [2.24, 2.45) is 0 Å². The normalized spacial score (nSPS) is 15.2. The van der Waals surface area contributed by atoms with Gasteiger partial charge in [0.1, 0.15) is 5.70 Å². The van der Waals surface area contributed by atoms with Crippen molar-refractivity contribution in [3.05, 3.63) is 41.6 Å². The fourth-order valence-corrected chi connectivity index (χ4v) is 2.64. The molecular formula is C18H24N2O4. The van der Waals surface area contributed by atoms with Crippen LogP contribution in [0.25, 0.3) is 0 Å². The maximum atomic E-state index is 11.7. The molecule has 1 heterocycles. The van der Waals surface area contributed by atoms with Crippen LogP contribution in [0.1, 0.15) is 18.4 Å². The Labute approximate surface area is 142 Å². The summed E-state index contributed by atoms with van der Waals surface area (Å²) >= 11 is 0. The van der Waals surface area contributed by atoms with Crippen molar-refractivity contribution in [2.75, 3.05) is 39.2 Å². The number of carbonyl (C=O) groups is 2. The number of methoxy groups -OCH3 is 2. The molecule has 6 nitrogen and oxygen atoms in total. The van der Waals surface area contributed by atoms with Gasteiger partial charge in [-0.15, -0.1) is 0 Å². The molecule has 0 unspecified atom stereocenters. The Balaban J connectivity index is 1.96. The Hall–Kier alpha value is -2.34. The quantitative estimate of drug-likeness (QED) is 0.608. The van der Waals surface area contributed by atoms with Gasteiger partial charge in [0.2, 0.25) is 0 Å². The molecule has 0 spiro atoms. The lowest BCUT2D eigenvalue weighted by Crippen LogP contribution is -2.21. The molecule has 2 rings (SSSR count). The van der Waals surface area contributed by atoms with Gasteiger partial charge < -0.3 is 19.7 Å². The minimum atomic E-state index is -0.626. The standard InChI is InChI=1S/C18H24N2O4/c1-23-17(21)13-16(18(22)24-2)19-15-7-5-14(6-8-15)9-12-20-10-3-4-11-20/h5-8,13,19H,3-4,9-12H2,1-2H3/b16-13+. The minimum absolute atomic E-state index is 0.0363. The SMILES string of the molecule is COC(=O)/C=C(/Nc1ccc(CCN2CCCC2)cc1)C(=O)OC. The first-order valence-corrected chi connectivity index (χ1v) is 8.08. The molecule has 0 bridgehead atoms. The number of hydrogen-bond donors (Lipinski definition) is 1. The molecule has 1 N–H and O–H groups in total. The number of benzene rings is 1. The number of nitrogens with one attached hydrogen (secondary N) is 1. The number of likely N-dealkylation sites (tertiary alicyclic amines) is 1. The summed E-state index contributed by atoms with van der Waals surface area (Å²) in [5.41, 5.74) is 1.98. The molecule has 130 valence electrons. The van der Waals surface area contributed by atoms with Crippen LogP contribution in [0.5, 0.6) is 0 Å². The first-order chi connectivity index (χ1) is 11.6. The molecular weight excluding hydrogens is 308 g/mol. The minimum Gasteiger partial charge on any atom is -0.466 e. The average Bonchev–Trinajstić information content (AvgIpc) is 3.13. The predicted octanol–water partition coefficient (Wildman–Crippen LogP) is 1.97. The molecule has 0 amide bonds. The molecule has 1 aromatic rings. The molecule has 1 aromatic carbocycles. The van der Waals surface area contributed by atoms with E-state index in [1.54, 1.807) is 0 Å². The van der Waals surface area contributed by atoms with Crippen molar-refractivity contribution in [3.63, 3.8) is 0 Å². The molecule has 0 aromatic heterocycles. The van der Waals surface area contributed by atoms with Crippen molar-refractivity contribution < 1.29 is 19.1 Å². The lowest BCUT2D eigenvalue weighted by atomic mass is 10.1. The van der Waals surface area contributed by atoms with E-state index < -0.39 is 11.9 Å². The monoisotopic (exact) mass is 332 g/mol. The van der Waals surface area contributed by atoms with Gasteiger partial charge in [0.05, 0.1) is 20.3 Å². The topological polar surface area (TPSA) is 67.9 Å². The largest absolute Gasteiger partial charge is 0.466 e. The van der Waals surface area contributed by atoms with Crippen LogP contribution < -0.4 is 5.32 Å². The zero-order chi connectivity index (χ0) is 17.4. The van der Waals surface area contributed by atoms with E-state index in [-0.39, 0.29) is 5.70 Å². The summed E-state index contributed by atoms with van der Waals surface area (Å²) in [6.45, 7) is 3.46.